The fraction of sp³-hybridized carbons (Fsp3) is 0.176. The number of hydrazone groups is 1. The number of rotatable bonds is 4. The van der Waals surface area contributed by atoms with E-state index in [-0.39, 0.29) is 0 Å². The Morgan fingerprint density at radius 3 is 2.33 bits per heavy atom. The summed E-state index contributed by atoms with van der Waals surface area (Å²) in [6.45, 7) is 4.13. The highest BCUT2D eigenvalue weighted by atomic mass is 32.1. The lowest BCUT2D eigenvalue weighted by Gasteiger charge is -2.09. The third-order valence-electron chi connectivity index (χ3n) is 3.04. The first-order valence-electron chi connectivity index (χ1n) is 6.94. The average Bonchev–Trinajstić information content (AvgIpc) is 2.51. The first-order valence-corrected chi connectivity index (χ1v) is 7.35. The number of hydrogen-bond donors (Lipinski definition) is 2. The van der Waals surface area contributed by atoms with Gasteiger partial charge in [-0.2, -0.15) is 5.10 Å². The summed E-state index contributed by atoms with van der Waals surface area (Å²) >= 11 is 5.26. The van der Waals surface area contributed by atoms with Crippen molar-refractivity contribution in [2.75, 3.05) is 5.32 Å². The topological polar surface area (TPSA) is 36.4 Å². The molecule has 0 fully saturated rings. The predicted octanol–water partition coefficient (Wildman–Crippen LogP) is 4.10. The van der Waals surface area contributed by atoms with Crippen molar-refractivity contribution >= 4 is 28.7 Å². The minimum atomic E-state index is 0.487. The number of thiocarbonyl (C=S) groups is 1. The van der Waals surface area contributed by atoms with E-state index in [1.807, 2.05) is 54.6 Å². The monoisotopic (exact) mass is 297 g/mol. The molecular formula is C17H19N3S. The average molecular weight is 297 g/mol. The van der Waals surface area contributed by atoms with Gasteiger partial charge in [-0.3, -0.25) is 5.43 Å². The van der Waals surface area contributed by atoms with Gasteiger partial charge < -0.3 is 5.32 Å². The van der Waals surface area contributed by atoms with E-state index < -0.39 is 0 Å². The zero-order valence-electron chi connectivity index (χ0n) is 12.3. The first-order chi connectivity index (χ1) is 10.2. The van der Waals surface area contributed by atoms with Gasteiger partial charge in [0.25, 0.3) is 0 Å². The molecule has 0 aliphatic rings. The van der Waals surface area contributed by atoms with Crippen LogP contribution in [0.25, 0.3) is 0 Å². The Bertz CT molecular complexity index is 618. The van der Waals surface area contributed by atoms with Gasteiger partial charge in [-0.15, -0.1) is 0 Å². The van der Waals surface area contributed by atoms with Crippen molar-refractivity contribution in [3.63, 3.8) is 0 Å². The van der Waals surface area contributed by atoms with Crippen molar-refractivity contribution in [3.05, 3.63) is 65.7 Å². The van der Waals surface area contributed by atoms with E-state index >= 15 is 0 Å². The number of nitrogens with one attached hydrogen (secondary N) is 2. The number of nitrogens with zero attached hydrogens (tertiary/aromatic N) is 1. The molecule has 0 aliphatic heterocycles. The summed E-state index contributed by atoms with van der Waals surface area (Å²) in [6.07, 6.45) is 0.837. The van der Waals surface area contributed by atoms with E-state index in [2.05, 4.69) is 29.7 Å². The minimum absolute atomic E-state index is 0.487. The lowest BCUT2D eigenvalue weighted by atomic mass is 10.1. The number of aryl methyl sites for hydroxylation is 1. The highest BCUT2D eigenvalue weighted by Crippen LogP contribution is 2.08. The second kappa shape index (κ2) is 7.55. The predicted molar refractivity (Wildman–Crippen MR) is 93.8 cm³/mol. The fourth-order valence-corrected chi connectivity index (χ4v) is 2.06. The van der Waals surface area contributed by atoms with Gasteiger partial charge in [0.1, 0.15) is 0 Å². The van der Waals surface area contributed by atoms with Crippen LogP contribution in [0.1, 0.15) is 24.5 Å². The quantitative estimate of drug-likeness (QED) is 0.507. The highest BCUT2D eigenvalue weighted by molar-refractivity contribution is 7.80. The van der Waals surface area contributed by atoms with Crippen molar-refractivity contribution < 1.29 is 0 Å². The first kappa shape index (κ1) is 15.2. The second-order valence-electron chi connectivity index (χ2n) is 4.71. The maximum absolute atomic E-state index is 5.26. The minimum Gasteiger partial charge on any atom is -0.331 e. The Morgan fingerprint density at radius 1 is 1.05 bits per heavy atom. The van der Waals surface area contributed by atoms with Crippen LogP contribution >= 0.6 is 12.2 Å². The summed E-state index contributed by atoms with van der Waals surface area (Å²) in [6, 6.07) is 18.1. The van der Waals surface area contributed by atoms with Crippen LogP contribution in [0.2, 0.25) is 0 Å². The Labute approximate surface area is 131 Å². The molecule has 0 amide bonds. The Hall–Kier alpha value is -2.20. The summed E-state index contributed by atoms with van der Waals surface area (Å²) in [5.74, 6) is 0. The molecule has 0 radical (unpaired) electrons. The van der Waals surface area contributed by atoms with Crippen LogP contribution in [-0.2, 0) is 0 Å². The van der Waals surface area contributed by atoms with Crippen LogP contribution < -0.4 is 10.7 Å². The molecule has 0 heterocycles. The van der Waals surface area contributed by atoms with Gasteiger partial charge in [-0.05, 0) is 43.3 Å². The second-order valence-corrected chi connectivity index (χ2v) is 5.12. The standard InChI is InChI=1S/C17H19N3S/c1-3-16(14-7-5-4-6-8-14)19-20-17(21)18-15-11-9-13(2)10-12-15/h4-12H,3H2,1-2H3,(H2,18,20,21). The molecule has 3 nitrogen and oxygen atoms in total. The largest absolute Gasteiger partial charge is 0.331 e. The molecule has 2 rings (SSSR count). The van der Waals surface area contributed by atoms with Gasteiger partial charge in [-0.1, -0.05) is 55.0 Å². The molecule has 0 bridgehead atoms. The van der Waals surface area contributed by atoms with Gasteiger partial charge in [-0.25, -0.2) is 0 Å². The molecule has 2 aromatic carbocycles. The Kier molecular flexibility index (Phi) is 5.46. The van der Waals surface area contributed by atoms with E-state index in [9.17, 15) is 0 Å². The van der Waals surface area contributed by atoms with E-state index in [1.165, 1.54) is 5.56 Å². The van der Waals surface area contributed by atoms with Crippen molar-refractivity contribution in [2.45, 2.75) is 20.3 Å². The Balaban J connectivity index is 1.98. The van der Waals surface area contributed by atoms with Crippen LogP contribution in [0.5, 0.6) is 0 Å². The van der Waals surface area contributed by atoms with Crippen LogP contribution in [0.4, 0.5) is 5.69 Å². The number of hydrogen-bond acceptors (Lipinski definition) is 2. The molecule has 0 saturated heterocycles. The molecule has 0 aliphatic carbocycles. The van der Waals surface area contributed by atoms with Crippen molar-refractivity contribution in [3.8, 4) is 0 Å². The third-order valence-corrected chi connectivity index (χ3v) is 3.24. The molecule has 108 valence electrons. The van der Waals surface area contributed by atoms with E-state index in [1.54, 1.807) is 0 Å². The van der Waals surface area contributed by atoms with Gasteiger partial charge in [0.2, 0.25) is 0 Å². The van der Waals surface area contributed by atoms with Crippen molar-refractivity contribution in [1.29, 1.82) is 0 Å². The molecule has 0 saturated carbocycles. The van der Waals surface area contributed by atoms with Gasteiger partial charge >= 0.3 is 0 Å². The van der Waals surface area contributed by atoms with Crippen LogP contribution in [0.15, 0.2) is 59.7 Å². The molecule has 0 unspecified atom stereocenters. The maximum Gasteiger partial charge on any atom is 0.191 e. The fourth-order valence-electron chi connectivity index (χ4n) is 1.89. The normalized spacial score (nSPS) is 11.0. The van der Waals surface area contributed by atoms with Gasteiger partial charge in [0.05, 0.1) is 5.71 Å². The molecule has 2 aromatic rings. The lowest BCUT2D eigenvalue weighted by Crippen LogP contribution is -2.25. The zero-order valence-corrected chi connectivity index (χ0v) is 13.1. The SMILES string of the molecule is CCC(=NNC(=S)Nc1ccc(C)cc1)c1ccccc1. The molecular weight excluding hydrogens is 278 g/mol. The number of benzene rings is 2. The lowest BCUT2D eigenvalue weighted by molar-refractivity contribution is 1.02. The van der Waals surface area contributed by atoms with E-state index in [4.69, 9.17) is 12.2 Å². The highest BCUT2D eigenvalue weighted by Gasteiger charge is 2.01. The summed E-state index contributed by atoms with van der Waals surface area (Å²) in [7, 11) is 0. The maximum atomic E-state index is 5.26. The third kappa shape index (κ3) is 4.68. The summed E-state index contributed by atoms with van der Waals surface area (Å²) in [5.41, 5.74) is 7.15. The molecule has 0 aromatic heterocycles. The van der Waals surface area contributed by atoms with Crippen molar-refractivity contribution in [1.82, 2.24) is 5.43 Å². The molecule has 2 N–H and O–H groups in total. The molecule has 0 atom stereocenters. The number of anilines is 1. The van der Waals surface area contributed by atoms with Gasteiger partial charge in [0.15, 0.2) is 5.11 Å². The summed E-state index contributed by atoms with van der Waals surface area (Å²) in [5, 5.41) is 7.99. The summed E-state index contributed by atoms with van der Waals surface area (Å²) < 4.78 is 0. The molecule has 4 heteroatoms. The molecule has 21 heavy (non-hydrogen) atoms. The van der Waals surface area contributed by atoms with E-state index in [0.29, 0.717) is 5.11 Å². The summed E-state index contributed by atoms with van der Waals surface area (Å²) in [4.78, 5) is 0. The van der Waals surface area contributed by atoms with Crippen LogP contribution in [0, 0.1) is 6.92 Å². The smallest absolute Gasteiger partial charge is 0.191 e. The van der Waals surface area contributed by atoms with Crippen LogP contribution in [0.3, 0.4) is 0 Å². The Morgan fingerprint density at radius 2 is 1.71 bits per heavy atom. The van der Waals surface area contributed by atoms with Crippen molar-refractivity contribution in [2.24, 2.45) is 5.10 Å². The zero-order chi connectivity index (χ0) is 15.1. The van der Waals surface area contributed by atoms with Gasteiger partial charge in [0, 0.05) is 5.69 Å². The van der Waals surface area contributed by atoms with E-state index in [0.717, 1.165) is 23.4 Å². The van der Waals surface area contributed by atoms with Crippen LogP contribution in [-0.4, -0.2) is 10.8 Å². The molecule has 0 spiro atoms.